The molecule has 6 N–H and O–H groups in total. The quantitative estimate of drug-likeness (QED) is 0.0243. The molecule has 318 valence electrons. The zero-order valence-electron chi connectivity index (χ0n) is 35.4. The van der Waals surface area contributed by atoms with Crippen LogP contribution in [0.2, 0.25) is 0 Å². The Bertz CT molecular complexity index is 933. The fraction of sp³-hybridized carbons (Fsp3) is 0.911. The highest BCUT2D eigenvalue weighted by Crippen LogP contribution is 2.32. The van der Waals surface area contributed by atoms with Crippen molar-refractivity contribution in [2.24, 2.45) is 5.73 Å². The van der Waals surface area contributed by atoms with Crippen LogP contribution in [0.3, 0.4) is 0 Å². The minimum absolute atomic E-state index is 0.168. The van der Waals surface area contributed by atoms with Crippen LogP contribution in [0.5, 0.6) is 0 Å². The van der Waals surface area contributed by atoms with Crippen molar-refractivity contribution < 1.29 is 29.6 Å². The Morgan fingerprint density at radius 2 is 1.11 bits per heavy atom. The van der Waals surface area contributed by atoms with E-state index in [1.807, 2.05) is 0 Å². The second-order valence-corrected chi connectivity index (χ2v) is 16.3. The second-order valence-electron chi connectivity index (χ2n) is 16.3. The van der Waals surface area contributed by atoms with Crippen LogP contribution >= 0.6 is 0 Å². The number of allylic oxidation sites excluding steroid dienone is 2. The molecular formula is C45H87N3O6. The van der Waals surface area contributed by atoms with Crippen molar-refractivity contribution in [3.8, 4) is 0 Å². The minimum atomic E-state index is -1.70. The van der Waals surface area contributed by atoms with Gasteiger partial charge in [0.25, 0.3) is 0 Å². The highest BCUT2D eigenvalue weighted by atomic mass is 16.6. The Balaban J connectivity index is 2.60. The van der Waals surface area contributed by atoms with E-state index in [2.05, 4.69) is 31.3 Å². The normalized spacial score (nSPS) is 20.8. The Kier molecular flexibility index (Phi) is 31.4. The molecule has 1 saturated heterocycles. The van der Waals surface area contributed by atoms with Crippen molar-refractivity contribution in [2.45, 2.75) is 250 Å². The number of amides is 2. The zero-order valence-corrected chi connectivity index (χ0v) is 35.4. The van der Waals surface area contributed by atoms with Gasteiger partial charge in [-0.15, -0.1) is 0 Å². The summed E-state index contributed by atoms with van der Waals surface area (Å²) in [7, 11) is 0. The monoisotopic (exact) mass is 766 g/mol. The van der Waals surface area contributed by atoms with Gasteiger partial charge in [0, 0.05) is 19.4 Å². The number of nitrogens with two attached hydrogens (primary N) is 1. The van der Waals surface area contributed by atoms with E-state index in [0.717, 1.165) is 57.8 Å². The summed E-state index contributed by atoms with van der Waals surface area (Å²) in [6.07, 6.45) is 36.1. The number of carbonyl (C=O) groups excluding carboxylic acids is 2. The Morgan fingerprint density at radius 1 is 0.704 bits per heavy atom. The van der Waals surface area contributed by atoms with E-state index in [1.165, 1.54) is 122 Å². The van der Waals surface area contributed by atoms with Crippen LogP contribution in [0.1, 0.15) is 220 Å². The van der Waals surface area contributed by atoms with Crippen LogP contribution in [0.25, 0.3) is 0 Å². The molecule has 0 bridgehead atoms. The van der Waals surface area contributed by atoms with Gasteiger partial charge in [-0.3, -0.25) is 14.5 Å². The molecule has 54 heavy (non-hydrogen) atoms. The standard InChI is InChI=1S/C45H87N3O6/c1-4-6-8-10-12-14-16-18-20-22-24-26-28-30-32-34-36-48(45(47-44(53)39(3)46)37-40(50)43(52)41(38-49)54-45)42(51)35-33-31-29-27-25-23-21-19-17-15-13-11-9-7-5-2/h19,21,39-41,43,49-50,52H,4-18,20,22-38,46H2,1-3H3,(H,47,53)/b21-19-/t39-,40+,41+,43-,45-/m0/s1. The molecule has 1 aliphatic heterocycles. The van der Waals surface area contributed by atoms with Crippen LogP contribution in [-0.2, 0) is 14.3 Å². The summed E-state index contributed by atoms with van der Waals surface area (Å²) < 4.78 is 6.17. The molecule has 1 fully saturated rings. The van der Waals surface area contributed by atoms with E-state index in [0.29, 0.717) is 19.4 Å². The Hall–Kier alpha value is -1.52. The molecule has 1 aliphatic rings. The molecule has 9 heteroatoms. The van der Waals surface area contributed by atoms with Gasteiger partial charge >= 0.3 is 0 Å². The first-order valence-corrected chi connectivity index (χ1v) is 22.9. The number of hydrogen-bond donors (Lipinski definition) is 5. The van der Waals surface area contributed by atoms with E-state index < -0.39 is 42.7 Å². The first-order valence-electron chi connectivity index (χ1n) is 22.9. The second kappa shape index (κ2) is 33.6. The van der Waals surface area contributed by atoms with E-state index in [1.54, 1.807) is 11.8 Å². The van der Waals surface area contributed by atoms with Crippen molar-refractivity contribution in [1.29, 1.82) is 0 Å². The number of carbonyl (C=O) groups is 2. The number of nitrogens with one attached hydrogen (secondary N) is 1. The molecule has 0 saturated carbocycles. The average Bonchev–Trinajstić information content (AvgIpc) is 3.15. The molecule has 0 aliphatic carbocycles. The number of hydrogen-bond acceptors (Lipinski definition) is 7. The highest BCUT2D eigenvalue weighted by Gasteiger charge is 2.52. The van der Waals surface area contributed by atoms with Crippen LogP contribution in [0.15, 0.2) is 12.2 Å². The summed E-state index contributed by atoms with van der Waals surface area (Å²) in [5.41, 5.74) is 5.92. The summed E-state index contributed by atoms with van der Waals surface area (Å²) in [6, 6.07) is -0.875. The first-order chi connectivity index (χ1) is 26.2. The van der Waals surface area contributed by atoms with Gasteiger partial charge in [-0.2, -0.15) is 0 Å². The van der Waals surface area contributed by atoms with Gasteiger partial charge in [-0.25, -0.2) is 0 Å². The van der Waals surface area contributed by atoms with Crippen molar-refractivity contribution in [2.75, 3.05) is 13.2 Å². The van der Waals surface area contributed by atoms with Gasteiger partial charge in [0.05, 0.1) is 18.8 Å². The van der Waals surface area contributed by atoms with Gasteiger partial charge in [-0.1, -0.05) is 174 Å². The van der Waals surface area contributed by atoms with Gasteiger partial charge < -0.3 is 31.1 Å². The third-order valence-corrected chi connectivity index (χ3v) is 11.1. The molecule has 0 aromatic heterocycles. The molecule has 0 spiro atoms. The maximum atomic E-state index is 14.0. The Labute approximate surface area is 332 Å². The van der Waals surface area contributed by atoms with E-state index >= 15 is 0 Å². The molecule has 0 radical (unpaired) electrons. The molecule has 1 rings (SSSR count). The van der Waals surface area contributed by atoms with Crippen LogP contribution in [0.4, 0.5) is 0 Å². The van der Waals surface area contributed by atoms with Gasteiger partial charge in [-0.05, 0) is 45.4 Å². The summed E-state index contributed by atoms with van der Waals surface area (Å²) in [5.74, 6) is -2.40. The van der Waals surface area contributed by atoms with Gasteiger partial charge in [0.2, 0.25) is 17.7 Å². The molecule has 1 heterocycles. The lowest BCUT2D eigenvalue weighted by molar-refractivity contribution is -0.280. The van der Waals surface area contributed by atoms with Crippen LogP contribution < -0.4 is 11.1 Å². The highest BCUT2D eigenvalue weighted by molar-refractivity contribution is 5.83. The van der Waals surface area contributed by atoms with Crippen molar-refractivity contribution in [1.82, 2.24) is 10.2 Å². The number of ether oxygens (including phenoxy) is 1. The van der Waals surface area contributed by atoms with Crippen LogP contribution in [-0.4, -0.2) is 75.4 Å². The van der Waals surface area contributed by atoms with Crippen LogP contribution in [0, 0.1) is 0 Å². The average molecular weight is 766 g/mol. The molecule has 2 amide bonds. The number of rotatable bonds is 36. The molecule has 0 aromatic rings. The number of unbranched alkanes of at least 4 members (excludes halogenated alkanes) is 26. The predicted molar refractivity (Wildman–Crippen MR) is 224 cm³/mol. The molecule has 0 unspecified atom stereocenters. The summed E-state index contributed by atoms with van der Waals surface area (Å²) in [6.45, 7) is 5.84. The molecule has 0 aromatic carbocycles. The fourth-order valence-corrected chi connectivity index (χ4v) is 7.60. The van der Waals surface area contributed by atoms with E-state index in [4.69, 9.17) is 10.5 Å². The number of aliphatic hydroxyl groups is 3. The van der Waals surface area contributed by atoms with Crippen molar-refractivity contribution in [3.05, 3.63) is 12.2 Å². The summed E-state index contributed by atoms with van der Waals surface area (Å²) >= 11 is 0. The lowest BCUT2D eigenvalue weighted by Gasteiger charge is -2.51. The van der Waals surface area contributed by atoms with E-state index in [9.17, 15) is 24.9 Å². The Morgan fingerprint density at radius 3 is 1.54 bits per heavy atom. The maximum absolute atomic E-state index is 14.0. The summed E-state index contributed by atoms with van der Waals surface area (Å²) in [4.78, 5) is 28.5. The largest absolute Gasteiger partial charge is 0.394 e. The predicted octanol–water partition coefficient (Wildman–Crippen LogP) is 9.73. The smallest absolute Gasteiger partial charge is 0.240 e. The van der Waals surface area contributed by atoms with Crippen molar-refractivity contribution >= 4 is 11.8 Å². The lowest BCUT2D eigenvalue weighted by Crippen LogP contribution is -2.72. The topological polar surface area (TPSA) is 145 Å². The third kappa shape index (κ3) is 23.5. The SMILES string of the molecule is CCCCCCCC/C=C\CCCCCCCC(=O)N(CCCCCCCCCCCCCCCCCC)[C@@]1(NC(=O)[C@H](C)N)C[C@@H](O)[C@H](O)[C@@H](CO)O1. The van der Waals surface area contributed by atoms with Gasteiger partial charge in [0.1, 0.15) is 12.2 Å². The fourth-order valence-electron chi connectivity index (χ4n) is 7.60. The van der Waals surface area contributed by atoms with Gasteiger partial charge in [0.15, 0.2) is 0 Å². The number of nitrogens with zero attached hydrogens (tertiary/aromatic N) is 1. The number of aliphatic hydroxyl groups excluding tert-OH is 3. The maximum Gasteiger partial charge on any atom is 0.240 e. The van der Waals surface area contributed by atoms with Crippen molar-refractivity contribution in [3.63, 3.8) is 0 Å². The first kappa shape index (κ1) is 50.5. The lowest BCUT2D eigenvalue weighted by atomic mass is 9.96. The van der Waals surface area contributed by atoms with E-state index in [-0.39, 0.29) is 12.3 Å². The molecule has 9 nitrogen and oxygen atoms in total. The summed E-state index contributed by atoms with van der Waals surface area (Å²) in [5, 5.41) is 34.2. The molecular weight excluding hydrogens is 679 g/mol. The zero-order chi connectivity index (χ0) is 39.7. The minimum Gasteiger partial charge on any atom is -0.394 e. The molecule has 5 atom stereocenters. The third-order valence-electron chi connectivity index (χ3n) is 11.1.